The highest BCUT2D eigenvalue weighted by Gasteiger charge is 2.36. The molecule has 1 aromatic heterocycles. The lowest BCUT2D eigenvalue weighted by Crippen LogP contribution is -2.46. The minimum absolute atomic E-state index is 0.0124. The molecule has 114 valence electrons. The fourth-order valence-corrected chi connectivity index (χ4v) is 3.56. The molecule has 3 heterocycles. The highest BCUT2D eigenvalue weighted by Crippen LogP contribution is 2.33. The summed E-state index contributed by atoms with van der Waals surface area (Å²) in [6, 6.07) is 14.4. The standard InChI is InChI=1S/C18H20N2O2/c21-18(16-9-5-13-22-16)20-12-11-19-10-4-8-15(19)17(20)14-6-2-1-3-7-14/h1-4,6-8,10,16-17H,5,9,11-13H2. The number of nitrogens with zero attached hydrogens (tertiary/aromatic N) is 2. The molecular formula is C18H20N2O2. The molecular weight excluding hydrogens is 276 g/mol. The first-order valence-corrected chi connectivity index (χ1v) is 7.96. The number of aromatic nitrogens is 1. The number of hydrogen-bond acceptors (Lipinski definition) is 2. The van der Waals surface area contributed by atoms with Gasteiger partial charge in [0.25, 0.3) is 5.91 Å². The van der Waals surface area contributed by atoms with E-state index in [0.717, 1.165) is 31.5 Å². The average Bonchev–Trinajstić information content (AvgIpc) is 3.25. The van der Waals surface area contributed by atoms with Crippen molar-refractivity contribution in [3.8, 4) is 0 Å². The molecule has 0 N–H and O–H groups in total. The summed E-state index contributed by atoms with van der Waals surface area (Å²) in [5.41, 5.74) is 2.34. The first-order chi connectivity index (χ1) is 10.8. The molecule has 2 atom stereocenters. The molecule has 4 rings (SSSR count). The van der Waals surface area contributed by atoms with E-state index >= 15 is 0 Å². The summed E-state index contributed by atoms with van der Waals surface area (Å²) in [7, 11) is 0. The predicted molar refractivity (Wildman–Crippen MR) is 83.4 cm³/mol. The molecule has 0 spiro atoms. The van der Waals surface area contributed by atoms with Crippen LogP contribution in [0.1, 0.15) is 30.1 Å². The average molecular weight is 296 g/mol. The van der Waals surface area contributed by atoms with Crippen molar-refractivity contribution in [1.82, 2.24) is 9.47 Å². The summed E-state index contributed by atoms with van der Waals surface area (Å²) in [6.45, 7) is 2.29. The van der Waals surface area contributed by atoms with Crippen LogP contribution in [-0.2, 0) is 16.1 Å². The van der Waals surface area contributed by atoms with Crippen LogP contribution in [0.25, 0.3) is 0 Å². The van der Waals surface area contributed by atoms with Gasteiger partial charge in [0.1, 0.15) is 6.10 Å². The second kappa shape index (κ2) is 5.61. The summed E-state index contributed by atoms with van der Waals surface area (Å²) in [5, 5.41) is 0. The SMILES string of the molecule is O=C(C1CCCO1)N1CCn2cccc2C1c1ccccc1. The molecule has 2 unspecified atom stereocenters. The Morgan fingerprint density at radius 3 is 2.73 bits per heavy atom. The molecule has 22 heavy (non-hydrogen) atoms. The van der Waals surface area contributed by atoms with E-state index in [1.54, 1.807) is 0 Å². The van der Waals surface area contributed by atoms with Gasteiger partial charge in [-0.05, 0) is 30.5 Å². The van der Waals surface area contributed by atoms with Crippen LogP contribution in [0.15, 0.2) is 48.7 Å². The van der Waals surface area contributed by atoms with Crippen molar-refractivity contribution in [3.63, 3.8) is 0 Å². The van der Waals surface area contributed by atoms with Crippen LogP contribution in [0.5, 0.6) is 0 Å². The molecule has 4 nitrogen and oxygen atoms in total. The highest BCUT2D eigenvalue weighted by atomic mass is 16.5. The van der Waals surface area contributed by atoms with Crippen molar-refractivity contribution in [2.45, 2.75) is 31.5 Å². The number of benzene rings is 1. The van der Waals surface area contributed by atoms with Gasteiger partial charge in [-0.15, -0.1) is 0 Å². The summed E-state index contributed by atoms with van der Waals surface area (Å²) < 4.78 is 7.87. The third-order valence-corrected chi connectivity index (χ3v) is 4.64. The van der Waals surface area contributed by atoms with Gasteiger partial charge in [-0.3, -0.25) is 4.79 Å². The second-order valence-electron chi connectivity index (χ2n) is 5.97. The van der Waals surface area contributed by atoms with Gasteiger partial charge < -0.3 is 14.2 Å². The van der Waals surface area contributed by atoms with Gasteiger partial charge in [-0.2, -0.15) is 0 Å². The third-order valence-electron chi connectivity index (χ3n) is 4.64. The number of amides is 1. The van der Waals surface area contributed by atoms with Crippen molar-refractivity contribution in [2.24, 2.45) is 0 Å². The Hall–Kier alpha value is -2.07. The molecule has 1 saturated heterocycles. The number of ether oxygens (including phenoxy) is 1. The van der Waals surface area contributed by atoms with E-state index in [1.165, 1.54) is 5.69 Å². The molecule has 1 aromatic carbocycles. The van der Waals surface area contributed by atoms with Crippen molar-refractivity contribution < 1.29 is 9.53 Å². The van der Waals surface area contributed by atoms with Crippen molar-refractivity contribution in [3.05, 3.63) is 59.9 Å². The van der Waals surface area contributed by atoms with Gasteiger partial charge in [-0.1, -0.05) is 30.3 Å². The first kappa shape index (κ1) is 13.6. The van der Waals surface area contributed by atoms with E-state index in [4.69, 9.17) is 4.74 Å². The molecule has 0 aliphatic carbocycles. The smallest absolute Gasteiger partial charge is 0.252 e. The lowest BCUT2D eigenvalue weighted by molar-refractivity contribution is -0.143. The van der Waals surface area contributed by atoms with E-state index in [1.807, 2.05) is 23.1 Å². The summed E-state index contributed by atoms with van der Waals surface area (Å²) >= 11 is 0. The van der Waals surface area contributed by atoms with Crippen molar-refractivity contribution in [2.75, 3.05) is 13.2 Å². The van der Waals surface area contributed by atoms with Crippen LogP contribution in [0, 0.1) is 0 Å². The number of hydrogen-bond donors (Lipinski definition) is 0. The third kappa shape index (κ3) is 2.24. The molecule has 0 bridgehead atoms. The van der Waals surface area contributed by atoms with Gasteiger partial charge in [0.2, 0.25) is 0 Å². The summed E-state index contributed by atoms with van der Waals surface area (Å²) in [6.07, 6.45) is 3.67. The second-order valence-corrected chi connectivity index (χ2v) is 5.97. The number of rotatable bonds is 2. The molecule has 0 saturated carbocycles. The van der Waals surface area contributed by atoms with Gasteiger partial charge in [0.05, 0.1) is 6.04 Å². The van der Waals surface area contributed by atoms with Gasteiger partial charge in [0.15, 0.2) is 0 Å². The fraction of sp³-hybridized carbons (Fsp3) is 0.389. The van der Waals surface area contributed by atoms with Gasteiger partial charge in [0, 0.05) is 31.6 Å². The largest absolute Gasteiger partial charge is 0.368 e. The zero-order valence-corrected chi connectivity index (χ0v) is 12.5. The van der Waals surface area contributed by atoms with Crippen LogP contribution in [0.3, 0.4) is 0 Å². The van der Waals surface area contributed by atoms with Crippen LogP contribution in [-0.4, -0.2) is 34.6 Å². The molecule has 2 aliphatic heterocycles. The lowest BCUT2D eigenvalue weighted by atomic mass is 9.99. The monoisotopic (exact) mass is 296 g/mol. The van der Waals surface area contributed by atoms with E-state index in [9.17, 15) is 4.79 Å². The Morgan fingerprint density at radius 1 is 1.09 bits per heavy atom. The van der Waals surface area contributed by atoms with E-state index < -0.39 is 0 Å². The molecule has 1 fully saturated rings. The molecule has 4 heteroatoms. The van der Waals surface area contributed by atoms with Gasteiger partial charge in [-0.25, -0.2) is 0 Å². The molecule has 2 aliphatic rings. The molecule has 1 amide bonds. The molecule has 0 radical (unpaired) electrons. The topological polar surface area (TPSA) is 34.5 Å². The summed E-state index contributed by atoms with van der Waals surface area (Å²) in [4.78, 5) is 14.9. The maximum atomic E-state index is 12.9. The fourth-order valence-electron chi connectivity index (χ4n) is 3.56. The minimum atomic E-state index is -0.257. The minimum Gasteiger partial charge on any atom is -0.368 e. The highest BCUT2D eigenvalue weighted by molar-refractivity contribution is 5.82. The van der Waals surface area contributed by atoms with E-state index in [-0.39, 0.29) is 18.1 Å². The maximum absolute atomic E-state index is 12.9. The predicted octanol–water partition coefficient (Wildman–Crippen LogP) is 2.60. The van der Waals surface area contributed by atoms with Gasteiger partial charge >= 0.3 is 0 Å². The van der Waals surface area contributed by atoms with Crippen LogP contribution >= 0.6 is 0 Å². The Kier molecular flexibility index (Phi) is 3.47. The van der Waals surface area contributed by atoms with Crippen LogP contribution in [0.4, 0.5) is 0 Å². The van der Waals surface area contributed by atoms with E-state index in [2.05, 4.69) is 35.0 Å². The molecule has 2 aromatic rings. The quantitative estimate of drug-likeness (QED) is 0.854. The van der Waals surface area contributed by atoms with E-state index in [0.29, 0.717) is 6.61 Å². The Balaban J connectivity index is 1.72. The Bertz CT molecular complexity index is 659. The Morgan fingerprint density at radius 2 is 1.95 bits per heavy atom. The zero-order valence-electron chi connectivity index (χ0n) is 12.5. The maximum Gasteiger partial charge on any atom is 0.252 e. The number of carbonyl (C=O) groups excluding carboxylic acids is 1. The van der Waals surface area contributed by atoms with Crippen molar-refractivity contribution in [1.29, 1.82) is 0 Å². The van der Waals surface area contributed by atoms with Crippen LogP contribution < -0.4 is 0 Å². The van der Waals surface area contributed by atoms with Crippen LogP contribution in [0.2, 0.25) is 0 Å². The zero-order chi connectivity index (χ0) is 14.9. The normalized spacial score (nSPS) is 24.3. The number of fused-ring (bicyclic) bond motifs is 1. The Labute approximate surface area is 130 Å². The lowest BCUT2D eigenvalue weighted by Gasteiger charge is -2.38. The first-order valence-electron chi connectivity index (χ1n) is 7.96. The van der Waals surface area contributed by atoms with Crippen molar-refractivity contribution >= 4 is 5.91 Å². The number of carbonyl (C=O) groups is 1. The summed E-state index contributed by atoms with van der Waals surface area (Å²) in [5.74, 6) is 0.138.